The molecule has 0 radical (unpaired) electrons. The zero-order valence-electron chi connectivity index (χ0n) is 13.5. The van der Waals surface area contributed by atoms with E-state index in [9.17, 15) is 4.79 Å². The summed E-state index contributed by atoms with van der Waals surface area (Å²) in [6, 6.07) is 18.6. The van der Waals surface area contributed by atoms with E-state index < -0.39 is 0 Å². The first-order valence-electron chi connectivity index (χ1n) is 7.78. The van der Waals surface area contributed by atoms with Gasteiger partial charge in [-0.05, 0) is 59.7 Å². The van der Waals surface area contributed by atoms with Crippen LogP contribution in [0.5, 0.6) is 0 Å². The number of aromatic nitrogens is 1. The van der Waals surface area contributed by atoms with Crippen LogP contribution in [0, 0.1) is 13.8 Å². The molecule has 0 atom stereocenters. The molecule has 1 N–H and O–H groups in total. The highest BCUT2D eigenvalue weighted by atomic mass is 32.1. The van der Waals surface area contributed by atoms with Crippen molar-refractivity contribution in [3.63, 3.8) is 0 Å². The number of carbonyl (C=O) groups is 1. The molecule has 0 bridgehead atoms. The summed E-state index contributed by atoms with van der Waals surface area (Å²) in [5, 5.41) is 8.58. The molecule has 4 rings (SSSR count). The number of carbonyl (C=O) groups excluding carboxylic acids is 1. The Balaban J connectivity index is 1.70. The number of anilines is 1. The van der Waals surface area contributed by atoms with Gasteiger partial charge in [-0.1, -0.05) is 30.3 Å². The van der Waals surface area contributed by atoms with Crippen molar-refractivity contribution >= 4 is 44.5 Å². The molecule has 1 aromatic heterocycles. The number of aryl methyl sites for hydroxylation is 2. The van der Waals surface area contributed by atoms with Crippen LogP contribution in [-0.4, -0.2) is 10.9 Å². The summed E-state index contributed by atoms with van der Waals surface area (Å²) in [5.74, 6) is -0.0989. The molecular formula is C20H16N2OS. The third-order valence-corrected chi connectivity index (χ3v) is 5.14. The summed E-state index contributed by atoms with van der Waals surface area (Å²) in [4.78, 5) is 17.4. The van der Waals surface area contributed by atoms with Crippen molar-refractivity contribution in [3.05, 3.63) is 70.2 Å². The number of hydrogen-bond acceptors (Lipinski definition) is 3. The van der Waals surface area contributed by atoms with Gasteiger partial charge in [-0.15, -0.1) is 11.3 Å². The number of rotatable bonds is 2. The van der Waals surface area contributed by atoms with E-state index in [1.807, 2.05) is 44.2 Å². The maximum absolute atomic E-state index is 12.5. The number of nitrogens with one attached hydrogen (secondary N) is 1. The van der Waals surface area contributed by atoms with Crippen molar-refractivity contribution in [3.8, 4) is 0 Å². The minimum Gasteiger partial charge on any atom is -0.321 e. The summed E-state index contributed by atoms with van der Waals surface area (Å²) in [6.45, 7) is 3.78. The fourth-order valence-electron chi connectivity index (χ4n) is 2.95. The molecule has 118 valence electrons. The zero-order valence-corrected chi connectivity index (χ0v) is 14.3. The molecule has 4 heteroatoms. The van der Waals surface area contributed by atoms with E-state index >= 15 is 0 Å². The van der Waals surface area contributed by atoms with E-state index in [1.165, 1.54) is 22.1 Å². The normalized spacial score (nSPS) is 11.1. The Morgan fingerprint density at radius 1 is 0.917 bits per heavy atom. The quantitative estimate of drug-likeness (QED) is 0.505. The smallest absolute Gasteiger partial charge is 0.267 e. The summed E-state index contributed by atoms with van der Waals surface area (Å²) in [5.41, 5.74) is 1.58. The molecule has 1 amide bonds. The van der Waals surface area contributed by atoms with Gasteiger partial charge in [0.05, 0.1) is 10.7 Å². The van der Waals surface area contributed by atoms with Crippen LogP contribution in [0.1, 0.15) is 20.4 Å². The molecule has 3 aromatic carbocycles. The average Bonchev–Trinajstić information content (AvgIpc) is 2.91. The highest BCUT2D eigenvalue weighted by molar-refractivity contribution is 7.13. The molecule has 0 saturated heterocycles. The molecule has 3 nitrogen and oxygen atoms in total. The molecule has 0 saturated carbocycles. The molecule has 24 heavy (non-hydrogen) atoms. The van der Waals surface area contributed by atoms with E-state index in [-0.39, 0.29) is 5.91 Å². The van der Waals surface area contributed by atoms with Gasteiger partial charge in [0.2, 0.25) is 0 Å². The monoisotopic (exact) mass is 332 g/mol. The van der Waals surface area contributed by atoms with Crippen molar-refractivity contribution in [2.75, 3.05) is 5.32 Å². The Kier molecular flexibility index (Phi) is 3.54. The summed E-state index contributed by atoms with van der Waals surface area (Å²) >= 11 is 1.42. The maximum Gasteiger partial charge on any atom is 0.267 e. The van der Waals surface area contributed by atoms with Crippen molar-refractivity contribution in [2.45, 2.75) is 13.8 Å². The van der Waals surface area contributed by atoms with Crippen LogP contribution in [0.3, 0.4) is 0 Å². The Bertz CT molecular complexity index is 1080. The second-order valence-corrected chi connectivity index (χ2v) is 7.07. The average molecular weight is 332 g/mol. The standard InChI is InChI=1S/C20H16N2OS/c1-12-19(24-13(2)21-12)20(23)22-18-8-7-16-9-14-5-3-4-6-15(14)10-17(16)11-18/h3-11H,1-2H3,(H,22,23). The van der Waals surface area contributed by atoms with Gasteiger partial charge >= 0.3 is 0 Å². The van der Waals surface area contributed by atoms with E-state index in [1.54, 1.807) is 0 Å². The third kappa shape index (κ3) is 2.65. The first-order valence-corrected chi connectivity index (χ1v) is 8.60. The zero-order chi connectivity index (χ0) is 16.7. The van der Waals surface area contributed by atoms with Crippen molar-refractivity contribution in [1.29, 1.82) is 0 Å². The number of fused-ring (bicyclic) bond motifs is 2. The topological polar surface area (TPSA) is 42.0 Å². The number of thiazole rings is 1. The largest absolute Gasteiger partial charge is 0.321 e. The van der Waals surface area contributed by atoms with Crippen LogP contribution in [0.25, 0.3) is 21.5 Å². The van der Waals surface area contributed by atoms with E-state index in [4.69, 9.17) is 0 Å². The minimum atomic E-state index is -0.0989. The molecule has 4 aromatic rings. The highest BCUT2D eigenvalue weighted by Gasteiger charge is 2.14. The van der Waals surface area contributed by atoms with Gasteiger partial charge in [0.1, 0.15) is 4.88 Å². The molecule has 0 fully saturated rings. The second kappa shape index (κ2) is 5.73. The lowest BCUT2D eigenvalue weighted by Gasteiger charge is -2.07. The Morgan fingerprint density at radius 3 is 2.25 bits per heavy atom. The summed E-state index contributed by atoms with van der Waals surface area (Å²) in [7, 11) is 0. The van der Waals surface area contributed by atoms with Gasteiger partial charge in [-0.25, -0.2) is 4.98 Å². The van der Waals surface area contributed by atoms with E-state index in [0.29, 0.717) is 4.88 Å². The Morgan fingerprint density at radius 2 is 1.58 bits per heavy atom. The van der Waals surface area contributed by atoms with Gasteiger partial charge < -0.3 is 5.32 Å². The Hall–Kier alpha value is -2.72. The van der Waals surface area contributed by atoms with Crippen molar-refractivity contribution < 1.29 is 4.79 Å². The van der Waals surface area contributed by atoms with Gasteiger partial charge in [-0.2, -0.15) is 0 Å². The van der Waals surface area contributed by atoms with Gasteiger partial charge in [0, 0.05) is 5.69 Å². The lowest BCUT2D eigenvalue weighted by molar-refractivity contribution is 0.103. The highest BCUT2D eigenvalue weighted by Crippen LogP contribution is 2.26. The van der Waals surface area contributed by atoms with Crippen LogP contribution in [-0.2, 0) is 0 Å². The van der Waals surface area contributed by atoms with Gasteiger partial charge in [0.15, 0.2) is 0 Å². The molecular weight excluding hydrogens is 316 g/mol. The predicted octanol–water partition coefficient (Wildman–Crippen LogP) is 5.32. The molecule has 0 aliphatic rings. The molecule has 0 aliphatic heterocycles. The molecule has 1 heterocycles. The number of benzene rings is 3. The third-order valence-electron chi connectivity index (χ3n) is 4.07. The van der Waals surface area contributed by atoms with Gasteiger partial charge in [-0.3, -0.25) is 4.79 Å². The molecule has 0 spiro atoms. The van der Waals surface area contributed by atoms with Crippen LogP contribution in [0.15, 0.2) is 54.6 Å². The first kappa shape index (κ1) is 14.8. The van der Waals surface area contributed by atoms with Crippen molar-refractivity contribution in [2.24, 2.45) is 0 Å². The fourth-order valence-corrected chi connectivity index (χ4v) is 3.76. The van der Waals surface area contributed by atoms with Crippen LogP contribution in [0.2, 0.25) is 0 Å². The van der Waals surface area contributed by atoms with Crippen molar-refractivity contribution in [1.82, 2.24) is 4.98 Å². The SMILES string of the molecule is Cc1nc(C)c(C(=O)Nc2ccc3cc4ccccc4cc3c2)s1. The number of amides is 1. The summed E-state index contributed by atoms with van der Waals surface area (Å²) in [6.07, 6.45) is 0. The Labute approximate surface area is 144 Å². The minimum absolute atomic E-state index is 0.0989. The number of nitrogens with zero attached hydrogens (tertiary/aromatic N) is 1. The van der Waals surface area contributed by atoms with E-state index in [0.717, 1.165) is 27.2 Å². The van der Waals surface area contributed by atoms with E-state index in [2.05, 4.69) is 34.6 Å². The number of hydrogen-bond donors (Lipinski definition) is 1. The summed E-state index contributed by atoms with van der Waals surface area (Å²) < 4.78 is 0. The second-order valence-electron chi connectivity index (χ2n) is 5.86. The maximum atomic E-state index is 12.5. The van der Waals surface area contributed by atoms with Crippen LogP contribution >= 0.6 is 11.3 Å². The van der Waals surface area contributed by atoms with Gasteiger partial charge in [0.25, 0.3) is 5.91 Å². The lowest BCUT2D eigenvalue weighted by Crippen LogP contribution is -2.11. The molecule has 0 aliphatic carbocycles. The molecule has 0 unspecified atom stereocenters. The fraction of sp³-hybridized carbons (Fsp3) is 0.100. The predicted molar refractivity (Wildman–Crippen MR) is 101 cm³/mol. The van der Waals surface area contributed by atoms with Crippen LogP contribution < -0.4 is 5.32 Å². The lowest BCUT2D eigenvalue weighted by atomic mass is 10.0. The van der Waals surface area contributed by atoms with Crippen LogP contribution in [0.4, 0.5) is 5.69 Å². The first-order chi connectivity index (χ1) is 11.6.